The van der Waals surface area contributed by atoms with Gasteiger partial charge in [0, 0.05) is 55.8 Å². The Morgan fingerprint density at radius 1 is 1.04 bits per heavy atom. The number of benzene rings is 2. The normalized spacial score (nSPS) is 17.6. The first-order valence-corrected chi connectivity index (χ1v) is 10.0. The van der Waals surface area contributed by atoms with Crippen molar-refractivity contribution in [3.8, 4) is 11.5 Å². The maximum absolute atomic E-state index is 13.0. The zero-order valence-electron chi connectivity index (χ0n) is 16.2. The Kier molecular flexibility index (Phi) is 4.26. The number of rotatable bonds is 2. The van der Waals surface area contributed by atoms with Gasteiger partial charge >= 0.3 is 6.03 Å². The molecule has 0 atom stereocenters. The smallest absolute Gasteiger partial charge is 0.322 e. The van der Waals surface area contributed by atoms with Crippen LogP contribution in [0.25, 0.3) is 0 Å². The van der Waals surface area contributed by atoms with E-state index in [-0.39, 0.29) is 6.03 Å². The molecule has 2 amide bonds. The maximum Gasteiger partial charge on any atom is 0.322 e. The van der Waals surface area contributed by atoms with E-state index in [0.29, 0.717) is 26.3 Å². The van der Waals surface area contributed by atoms with E-state index < -0.39 is 0 Å². The Morgan fingerprint density at radius 2 is 1.86 bits per heavy atom. The minimum Gasteiger partial charge on any atom is -0.493 e. The molecule has 6 nitrogen and oxygen atoms in total. The average Bonchev–Trinajstić information content (AvgIpc) is 3.37. The summed E-state index contributed by atoms with van der Waals surface area (Å²) in [5, 5.41) is 3.14. The highest BCUT2D eigenvalue weighted by molar-refractivity contribution is 5.93. The molecule has 6 heteroatoms. The third-order valence-electron chi connectivity index (χ3n) is 5.82. The molecular weight excluding hydrogens is 354 g/mol. The van der Waals surface area contributed by atoms with Crippen molar-refractivity contribution >= 4 is 17.4 Å². The summed E-state index contributed by atoms with van der Waals surface area (Å²) < 4.78 is 11.6. The summed E-state index contributed by atoms with van der Waals surface area (Å²) in [4.78, 5) is 17.2. The van der Waals surface area contributed by atoms with Crippen molar-refractivity contribution in [2.45, 2.75) is 19.8 Å². The zero-order valence-corrected chi connectivity index (χ0v) is 16.2. The van der Waals surface area contributed by atoms with Crippen molar-refractivity contribution in [3.63, 3.8) is 0 Å². The first kappa shape index (κ1) is 17.2. The molecule has 0 saturated carbocycles. The molecule has 1 N–H and O–H groups in total. The minimum atomic E-state index is -0.0538. The van der Waals surface area contributed by atoms with E-state index in [1.807, 2.05) is 4.90 Å². The molecule has 0 aromatic heterocycles. The number of amides is 2. The number of carbonyl (C=O) groups is 1. The van der Waals surface area contributed by atoms with Gasteiger partial charge in [0.15, 0.2) is 0 Å². The van der Waals surface area contributed by atoms with Gasteiger partial charge in [-0.25, -0.2) is 4.79 Å². The Balaban J connectivity index is 1.29. The van der Waals surface area contributed by atoms with Gasteiger partial charge in [0.2, 0.25) is 0 Å². The fraction of sp³-hybridized carbons (Fsp3) is 0.409. The number of ether oxygens (including phenoxy) is 2. The molecule has 3 aliphatic rings. The first-order chi connectivity index (χ1) is 13.7. The van der Waals surface area contributed by atoms with Crippen LogP contribution >= 0.6 is 0 Å². The van der Waals surface area contributed by atoms with Crippen molar-refractivity contribution < 1.29 is 14.3 Å². The van der Waals surface area contributed by atoms with Gasteiger partial charge in [0.05, 0.1) is 18.9 Å². The van der Waals surface area contributed by atoms with Gasteiger partial charge < -0.3 is 24.6 Å². The number of urea groups is 1. The lowest BCUT2D eigenvalue weighted by molar-refractivity contribution is 0.208. The van der Waals surface area contributed by atoms with Gasteiger partial charge in [0.1, 0.15) is 11.5 Å². The SMILES string of the molecule is Cc1cccc(N2CCN(C(=O)Nc3c4c(cc5c3OCC5)OCC4)CC2)c1. The van der Waals surface area contributed by atoms with Crippen LogP contribution in [-0.4, -0.2) is 50.3 Å². The predicted octanol–water partition coefficient (Wildman–Crippen LogP) is 3.22. The first-order valence-electron chi connectivity index (χ1n) is 10.0. The second-order valence-electron chi connectivity index (χ2n) is 7.66. The number of anilines is 2. The van der Waals surface area contributed by atoms with Crippen molar-refractivity contribution in [2.75, 3.05) is 49.6 Å². The summed E-state index contributed by atoms with van der Waals surface area (Å²) in [5.74, 6) is 1.72. The summed E-state index contributed by atoms with van der Waals surface area (Å²) in [7, 11) is 0. The van der Waals surface area contributed by atoms with Gasteiger partial charge in [-0.1, -0.05) is 12.1 Å². The van der Waals surface area contributed by atoms with Crippen LogP contribution in [0.5, 0.6) is 11.5 Å². The summed E-state index contributed by atoms with van der Waals surface area (Å²) >= 11 is 0. The maximum atomic E-state index is 13.0. The highest BCUT2D eigenvalue weighted by Gasteiger charge is 2.29. The van der Waals surface area contributed by atoms with Crippen LogP contribution < -0.4 is 19.7 Å². The molecule has 2 aromatic carbocycles. The van der Waals surface area contributed by atoms with E-state index >= 15 is 0 Å². The van der Waals surface area contributed by atoms with Gasteiger partial charge in [-0.3, -0.25) is 0 Å². The molecule has 0 unspecified atom stereocenters. The average molecular weight is 379 g/mol. The van der Waals surface area contributed by atoms with Crippen LogP contribution in [0.2, 0.25) is 0 Å². The van der Waals surface area contributed by atoms with Crippen molar-refractivity contribution in [2.24, 2.45) is 0 Å². The molecule has 0 radical (unpaired) electrons. The largest absolute Gasteiger partial charge is 0.493 e. The number of nitrogens with zero attached hydrogens (tertiary/aromatic N) is 2. The second kappa shape index (κ2) is 6.93. The molecule has 0 spiro atoms. The Hall–Kier alpha value is -2.89. The highest BCUT2D eigenvalue weighted by Crippen LogP contribution is 2.44. The molecule has 3 heterocycles. The van der Waals surface area contributed by atoms with Crippen LogP contribution in [-0.2, 0) is 12.8 Å². The number of aryl methyl sites for hydroxylation is 1. The number of fused-ring (bicyclic) bond motifs is 2. The number of carbonyl (C=O) groups excluding carboxylic acids is 1. The summed E-state index contributed by atoms with van der Waals surface area (Å²) in [5.41, 5.74) is 5.48. The van der Waals surface area contributed by atoms with E-state index in [1.165, 1.54) is 11.3 Å². The fourth-order valence-corrected chi connectivity index (χ4v) is 4.30. The van der Waals surface area contributed by atoms with Crippen LogP contribution in [0.3, 0.4) is 0 Å². The van der Waals surface area contributed by atoms with Gasteiger partial charge in [-0.2, -0.15) is 0 Å². The number of nitrogens with one attached hydrogen (secondary N) is 1. The molecule has 5 rings (SSSR count). The lowest BCUT2D eigenvalue weighted by Crippen LogP contribution is -2.50. The van der Waals surface area contributed by atoms with E-state index in [4.69, 9.17) is 9.47 Å². The van der Waals surface area contributed by atoms with Crippen LogP contribution in [0, 0.1) is 6.92 Å². The van der Waals surface area contributed by atoms with Gasteiger partial charge in [-0.05, 0) is 30.7 Å². The van der Waals surface area contributed by atoms with E-state index in [9.17, 15) is 4.79 Å². The Labute approximate surface area is 165 Å². The summed E-state index contributed by atoms with van der Waals surface area (Å²) in [6, 6.07) is 10.5. The Bertz CT molecular complexity index is 887. The molecule has 146 valence electrons. The third-order valence-corrected chi connectivity index (χ3v) is 5.82. The van der Waals surface area contributed by atoms with E-state index in [2.05, 4.69) is 47.5 Å². The van der Waals surface area contributed by atoms with Crippen LogP contribution in [0.15, 0.2) is 30.3 Å². The lowest BCUT2D eigenvalue weighted by atomic mass is 10.0. The quantitative estimate of drug-likeness (QED) is 0.871. The van der Waals surface area contributed by atoms with Crippen molar-refractivity contribution in [3.05, 3.63) is 47.0 Å². The lowest BCUT2D eigenvalue weighted by Gasteiger charge is -2.36. The second-order valence-corrected chi connectivity index (χ2v) is 7.66. The summed E-state index contributed by atoms with van der Waals surface area (Å²) in [6.45, 7) is 6.51. The molecule has 3 aliphatic heterocycles. The molecule has 28 heavy (non-hydrogen) atoms. The standard InChI is InChI=1S/C22H25N3O3/c1-15-3-2-4-17(13-15)24-7-9-25(10-8-24)22(26)23-20-18-6-12-27-19(18)14-16-5-11-28-21(16)20/h2-4,13-14H,5-12H2,1H3,(H,23,26). The molecule has 1 saturated heterocycles. The Morgan fingerprint density at radius 3 is 2.68 bits per heavy atom. The number of piperazine rings is 1. The number of hydrogen-bond donors (Lipinski definition) is 1. The van der Waals surface area contributed by atoms with Gasteiger partial charge in [0.25, 0.3) is 0 Å². The topological polar surface area (TPSA) is 54.0 Å². The molecule has 0 aliphatic carbocycles. The monoisotopic (exact) mass is 379 g/mol. The van der Waals surface area contributed by atoms with Crippen LogP contribution in [0.1, 0.15) is 16.7 Å². The van der Waals surface area contributed by atoms with Crippen LogP contribution in [0.4, 0.5) is 16.2 Å². The summed E-state index contributed by atoms with van der Waals surface area (Å²) in [6.07, 6.45) is 1.67. The predicted molar refractivity (Wildman–Crippen MR) is 109 cm³/mol. The fourth-order valence-electron chi connectivity index (χ4n) is 4.30. The van der Waals surface area contributed by atoms with Crippen molar-refractivity contribution in [1.82, 2.24) is 4.90 Å². The van der Waals surface area contributed by atoms with E-state index in [1.54, 1.807) is 0 Å². The minimum absolute atomic E-state index is 0.0538. The molecule has 1 fully saturated rings. The van der Waals surface area contributed by atoms with Gasteiger partial charge in [-0.15, -0.1) is 0 Å². The highest BCUT2D eigenvalue weighted by atomic mass is 16.5. The van der Waals surface area contributed by atoms with E-state index in [0.717, 1.165) is 54.2 Å². The number of hydrogen-bond acceptors (Lipinski definition) is 4. The third kappa shape index (κ3) is 3.03. The molecule has 0 bridgehead atoms. The molecule has 2 aromatic rings. The van der Waals surface area contributed by atoms with Crippen molar-refractivity contribution in [1.29, 1.82) is 0 Å². The zero-order chi connectivity index (χ0) is 19.1. The molecular formula is C22H25N3O3.